The Labute approximate surface area is 328 Å². The van der Waals surface area contributed by atoms with Gasteiger partial charge in [-0.2, -0.15) is 0 Å². The maximum Gasteiger partial charge on any atom is 0.164 e. The van der Waals surface area contributed by atoms with Crippen LogP contribution in [0.3, 0.4) is 0 Å². The molecular weight excluding hydrogens is 685 g/mol. The molecule has 11 aromatic rings. The number of hydrogen-bond acceptors (Lipinski definition) is 4. The number of rotatable bonds is 6. The van der Waals surface area contributed by atoms with E-state index in [1.807, 2.05) is 132 Å². The maximum absolute atomic E-state index is 9.11. The lowest BCUT2D eigenvalue weighted by Gasteiger charge is -2.11. The molecule has 0 aliphatic carbocycles. The van der Waals surface area contributed by atoms with E-state index in [1.54, 1.807) is 0 Å². The van der Waals surface area contributed by atoms with Gasteiger partial charge in [0.1, 0.15) is 11.2 Å². The summed E-state index contributed by atoms with van der Waals surface area (Å²) in [5.74, 6) is 1.53. The van der Waals surface area contributed by atoms with Gasteiger partial charge < -0.3 is 8.98 Å². The third kappa shape index (κ3) is 5.45. The Kier molecular flexibility index (Phi) is 6.50. The lowest BCUT2D eigenvalue weighted by atomic mass is 9.98. The van der Waals surface area contributed by atoms with Crippen molar-refractivity contribution in [1.82, 2.24) is 19.5 Å². The molecule has 0 unspecified atom stereocenters. The number of benzene rings is 8. The second kappa shape index (κ2) is 13.0. The zero-order chi connectivity index (χ0) is 40.5. The fraction of sp³-hybridized carbons (Fsp3) is 0. The number of aromatic nitrogens is 4. The molecule has 0 N–H and O–H groups in total. The molecule has 0 saturated carbocycles. The Morgan fingerprint density at radius 2 is 0.929 bits per heavy atom. The van der Waals surface area contributed by atoms with Crippen molar-refractivity contribution in [3.8, 4) is 62.1 Å². The molecule has 0 spiro atoms. The largest absolute Gasteiger partial charge is 0.456 e. The van der Waals surface area contributed by atoms with Crippen molar-refractivity contribution >= 4 is 43.7 Å². The van der Waals surface area contributed by atoms with Crippen molar-refractivity contribution in [2.24, 2.45) is 0 Å². The second-order valence-electron chi connectivity index (χ2n) is 13.8. The molecule has 0 bridgehead atoms. The normalized spacial score (nSPS) is 12.6. The van der Waals surface area contributed by atoms with Crippen LogP contribution in [0.15, 0.2) is 198 Å². The molecule has 0 atom stereocenters. The first-order valence-electron chi connectivity index (χ1n) is 20.4. The van der Waals surface area contributed by atoms with Gasteiger partial charge in [0.15, 0.2) is 17.5 Å². The van der Waals surface area contributed by atoms with Crippen molar-refractivity contribution in [3.05, 3.63) is 194 Å². The highest BCUT2D eigenvalue weighted by Gasteiger charge is 2.17. The third-order valence-electron chi connectivity index (χ3n) is 10.4. The number of para-hydroxylation sites is 2. The molecule has 3 aromatic heterocycles. The predicted molar refractivity (Wildman–Crippen MR) is 229 cm³/mol. The van der Waals surface area contributed by atoms with E-state index in [2.05, 4.69) is 42.5 Å². The Bertz CT molecular complexity index is 3470. The van der Waals surface area contributed by atoms with Crippen LogP contribution in [0, 0.1) is 0 Å². The summed E-state index contributed by atoms with van der Waals surface area (Å²) in [5.41, 5.74) is 10.1. The van der Waals surface area contributed by atoms with Gasteiger partial charge in [-0.15, -0.1) is 0 Å². The van der Waals surface area contributed by atoms with Crippen LogP contribution < -0.4 is 0 Å². The molecule has 56 heavy (non-hydrogen) atoms. The van der Waals surface area contributed by atoms with E-state index in [1.165, 1.54) is 0 Å². The minimum absolute atomic E-state index is 0.0720. The van der Waals surface area contributed by atoms with Crippen LogP contribution in [-0.4, -0.2) is 19.5 Å². The first-order valence-corrected chi connectivity index (χ1v) is 18.4. The minimum Gasteiger partial charge on any atom is -0.456 e. The molecular formula is C51H32N4O. The van der Waals surface area contributed by atoms with Crippen LogP contribution in [0.4, 0.5) is 0 Å². The average Bonchev–Trinajstić information content (AvgIpc) is 3.86. The van der Waals surface area contributed by atoms with Gasteiger partial charge in [0.25, 0.3) is 0 Å². The van der Waals surface area contributed by atoms with Gasteiger partial charge in [-0.3, -0.25) is 0 Å². The Balaban J connectivity index is 1.06. The quantitative estimate of drug-likeness (QED) is 0.172. The summed E-state index contributed by atoms with van der Waals surface area (Å²) < 4.78 is 43.5. The van der Waals surface area contributed by atoms with Crippen molar-refractivity contribution < 1.29 is 9.90 Å². The zero-order valence-electron chi connectivity index (χ0n) is 33.9. The monoisotopic (exact) mass is 720 g/mol. The first kappa shape index (κ1) is 27.9. The molecule has 0 radical (unpaired) electrons. The van der Waals surface area contributed by atoms with Crippen molar-refractivity contribution in [2.45, 2.75) is 0 Å². The van der Waals surface area contributed by atoms with Crippen LogP contribution in [0.1, 0.15) is 5.48 Å². The highest BCUT2D eigenvalue weighted by Crippen LogP contribution is 2.37. The van der Waals surface area contributed by atoms with Gasteiger partial charge >= 0.3 is 0 Å². The summed E-state index contributed by atoms with van der Waals surface area (Å²) in [4.78, 5) is 14.9. The summed E-state index contributed by atoms with van der Waals surface area (Å²) in [6, 6.07) is 55.6. The van der Waals surface area contributed by atoms with Gasteiger partial charge in [0.2, 0.25) is 0 Å². The van der Waals surface area contributed by atoms with Gasteiger partial charge in [0, 0.05) is 43.9 Å². The highest BCUT2D eigenvalue weighted by atomic mass is 16.3. The SMILES string of the molecule is [2H]c1c([2H])c([2H])c2c(c1[2H])c1ccc(-c3cccc(-c4ccccc4)c3)cc1n2-c1ccc(-c2nc(-c3ccccc3)nc(-c3ccc4c(c3)oc3ccccc34)n2)cc1. The van der Waals surface area contributed by atoms with Crippen LogP contribution >= 0.6 is 0 Å². The van der Waals surface area contributed by atoms with Gasteiger partial charge in [0.05, 0.1) is 16.5 Å². The maximum atomic E-state index is 9.11. The first-order chi connectivity index (χ1) is 29.4. The van der Waals surface area contributed by atoms with Crippen molar-refractivity contribution in [3.63, 3.8) is 0 Å². The molecule has 3 heterocycles. The molecule has 8 aromatic carbocycles. The molecule has 0 amide bonds. The van der Waals surface area contributed by atoms with E-state index in [-0.39, 0.29) is 24.2 Å². The standard InChI is InChI=1S/C51H32N4O/c1-3-12-33(13-4-1)36-16-11-17-37(30-36)38-24-28-42-41-18-7-9-20-45(41)55(46(42)31-38)40-26-22-35(23-27-40)50-52-49(34-14-5-2-6-15-34)53-51(54-50)39-25-29-44-43-19-8-10-21-47(43)56-48(44)32-39/h1-32H/i7D,9D,18D,20D. The summed E-state index contributed by atoms with van der Waals surface area (Å²) in [6.45, 7) is 0. The van der Waals surface area contributed by atoms with Crippen molar-refractivity contribution in [1.29, 1.82) is 0 Å². The van der Waals surface area contributed by atoms with Crippen LogP contribution in [0.2, 0.25) is 0 Å². The minimum atomic E-state index is -0.282. The van der Waals surface area contributed by atoms with Gasteiger partial charge in [-0.05, 0) is 82.9 Å². The van der Waals surface area contributed by atoms with Crippen LogP contribution in [0.25, 0.3) is 106 Å². The summed E-state index contributed by atoms with van der Waals surface area (Å²) in [5, 5.41) is 3.28. The second-order valence-corrected chi connectivity index (χ2v) is 13.8. The summed E-state index contributed by atoms with van der Waals surface area (Å²) >= 11 is 0. The van der Waals surface area contributed by atoms with Crippen molar-refractivity contribution in [2.75, 3.05) is 0 Å². The molecule has 0 aliphatic rings. The molecule has 262 valence electrons. The fourth-order valence-corrected chi connectivity index (χ4v) is 7.65. The topological polar surface area (TPSA) is 56.7 Å². The van der Waals surface area contributed by atoms with E-state index in [4.69, 9.17) is 24.9 Å². The van der Waals surface area contributed by atoms with Gasteiger partial charge in [-0.1, -0.05) is 133 Å². The Morgan fingerprint density at radius 1 is 0.375 bits per heavy atom. The Morgan fingerprint density at radius 3 is 1.71 bits per heavy atom. The average molecular weight is 721 g/mol. The molecule has 0 fully saturated rings. The van der Waals surface area contributed by atoms with Gasteiger partial charge in [-0.25, -0.2) is 15.0 Å². The molecule has 0 saturated heterocycles. The molecule has 5 heteroatoms. The van der Waals surface area contributed by atoms with E-state index >= 15 is 0 Å². The Hall–Kier alpha value is -7.63. The molecule has 0 aliphatic heterocycles. The lowest BCUT2D eigenvalue weighted by molar-refractivity contribution is 0.669. The van der Waals surface area contributed by atoms with E-state index in [9.17, 15) is 0 Å². The van der Waals surface area contributed by atoms with Crippen LogP contribution in [0.5, 0.6) is 0 Å². The fourth-order valence-electron chi connectivity index (χ4n) is 7.65. The smallest absolute Gasteiger partial charge is 0.164 e. The highest BCUT2D eigenvalue weighted by molar-refractivity contribution is 6.10. The molecule has 5 nitrogen and oxygen atoms in total. The summed E-state index contributed by atoms with van der Waals surface area (Å²) in [7, 11) is 0. The van der Waals surface area contributed by atoms with E-state index in [0.717, 1.165) is 77.5 Å². The number of hydrogen-bond donors (Lipinski definition) is 0. The third-order valence-corrected chi connectivity index (χ3v) is 10.4. The number of fused-ring (bicyclic) bond motifs is 6. The van der Waals surface area contributed by atoms with E-state index in [0.29, 0.717) is 28.4 Å². The predicted octanol–water partition coefficient (Wildman–Crippen LogP) is 13.2. The number of nitrogens with zero attached hydrogens (tertiary/aromatic N) is 4. The van der Waals surface area contributed by atoms with E-state index < -0.39 is 0 Å². The lowest BCUT2D eigenvalue weighted by Crippen LogP contribution is -2.00. The summed E-state index contributed by atoms with van der Waals surface area (Å²) in [6.07, 6.45) is 0. The zero-order valence-corrected chi connectivity index (χ0v) is 29.9. The molecule has 11 rings (SSSR count). The number of furan rings is 1. The van der Waals surface area contributed by atoms with Crippen LogP contribution in [-0.2, 0) is 0 Å².